The highest BCUT2D eigenvalue weighted by molar-refractivity contribution is 5.09. The lowest BCUT2D eigenvalue weighted by atomic mass is 9.83. The summed E-state index contributed by atoms with van der Waals surface area (Å²) in [4.78, 5) is 0. The van der Waals surface area contributed by atoms with Gasteiger partial charge >= 0.3 is 0 Å². The molecule has 1 aliphatic heterocycles. The topological polar surface area (TPSA) is 56.5 Å². The highest BCUT2D eigenvalue weighted by atomic mass is 16.5. The first-order valence-corrected chi connectivity index (χ1v) is 5.82. The summed E-state index contributed by atoms with van der Waals surface area (Å²) in [6.07, 6.45) is 4.22. The van der Waals surface area contributed by atoms with Crippen molar-refractivity contribution in [1.82, 2.24) is 5.43 Å². The van der Waals surface area contributed by atoms with Gasteiger partial charge < -0.3 is 9.47 Å². The second kappa shape index (κ2) is 5.66. The summed E-state index contributed by atoms with van der Waals surface area (Å²) in [5.74, 6) is 6.54. The van der Waals surface area contributed by atoms with E-state index >= 15 is 0 Å². The van der Waals surface area contributed by atoms with Crippen molar-refractivity contribution in [2.24, 2.45) is 11.3 Å². The molecule has 0 bridgehead atoms. The molecule has 1 rings (SSSR count). The Morgan fingerprint density at radius 2 is 2.19 bits per heavy atom. The minimum Gasteiger partial charge on any atom is -0.496 e. The van der Waals surface area contributed by atoms with Gasteiger partial charge in [-0.2, -0.15) is 0 Å². The largest absolute Gasteiger partial charge is 0.496 e. The van der Waals surface area contributed by atoms with Gasteiger partial charge in [0.1, 0.15) is 11.8 Å². The van der Waals surface area contributed by atoms with Gasteiger partial charge in [-0.05, 0) is 24.3 Å². The molecule has 4 nitrogen and oxygen atoms in total. The lowest BCUT2D eigenvalue weighted by Gasteiger charge is -2.37. The van der Waals surface area contributed by atoms with E-state index in [4.69, 9.17) is 15.3 Å². The summed E-state index contributed by atoms with van der Waals surface area (Å²) in [5.41, 5.74) is 2.82. The minimum atomic E-state index is -0.0784. The molecule has 0 saturated heterocycles. The van der Waals surface area contributed by atoms with Crippen LogP contribution in [-0.2, 0) is 9.47 Å². The van der Waals surface area contributed by atoms with Crippen LogP contribution in [0.2, 0.25) is 0 Å². The number of rotatable bonds is 4. The molecule has 0 spiro atoms. The molecule has 16 heavy (non-hydrogen) atoms. The first kappa shape index (κ1) is 13.5. The molecular weight excluding hydrogens is 204 g/mol. The quantitative estimate of drug-likeness (QED) is 0.566. The summed E-state index contributed by atoms with van der Waals surface area (Å²) in [5, 5.41) is 0. The highest BCUT2D eigenvalue weighted by Gasteiger charge is 2.35. The third-order valence-electron chi connectivity index (χ3n) is 2.86. The van der Waals surface area contributed by atoms with Crippen LogP contribution >= 0.6 is 0 Å². The molecule has 2 unspecified atom stereocenters. The molecule has 1 heterocycles. The first-order chi connectivity index (χ1) is 7.50. The van der Waals surface area contributed by atoms with Gasteiger partial charge in [-0.1, -0.05) is 20.8 Å². The van der Waals surface area contributed by atoms with Crippen LogP contribution < -0.4 is 11.3 Å². The molecule has 4 heteroatoms. The molecular formula is C12H24N2O2. The van der Waals surface area contributed by atoms with E-state index in [0.717, 1.165) is 25.2 Å². The molecule has 2 atom stereocenters. The number of nitrogens with two attached hydrogens (primary N) is 1. The monoisotopic (exact) mass is 228 g/mol. The molecule has 94 valence electrons. The van der Waals surface area contributed by atoms with E-state index in [1.54, 1.807) is 7.11 Å². The number of nitrogens with one attached hydrogen (secondary N) is 1. The van der Waals surface area contributed by atoms with Crippen LogP contribution in [0.15, 0.2) is 11.8 Å². The average Bonchev–Trinajstić information content (AvgIpc) is 2.25. The van der Waals surface area contributed by atoms with Gasteiger partial charge in [0.15, 0.2) is 0 Å². The van der Waals surface area contributed by atoms with Gasteiger partial charge in [-0.25, -0.2) is 5.43 Å². The maximum absolute atomic E-state index is 5.65. The Balaban J connectivity index is 2.82. The lowest BCUT2D eigenvalue weighted by molar-refractivity contribution is -0.0183. The van der Waals surface area contributed by atoms with Crippen molar-refractivity contribution < 1.29 is 9.47 Å². The molecule has 0 fully saturated rings. The molecule has 0 saturated carbocycles. The van der Waals surface area contributed by atoms with E-state index in [2.05, 4.69) is 32.3 Å². The smallest absolute Gasteiger partial charge is 0.113 e. The van der Waals surface area contributed by atoms with Crippen LogP contribution in [-0.4, -0.2) is 25.9 Å². The van der Waals surface area contributed by atoms with Gasteiger partial charge in [0.25, 0.3) is 0 Å². The number of ether oxygens (including phenoxy) is 2. The Hall–Kier alpha value is -0.580. The van der Waals surface area contributed by atoms with Crippen molar-refractivity contribution in [1.29, 1.82) is 0 Å². The number of allylic oxidation sites excluding steroid dienone is 1. The molecule has 1 aliphatic rings. The fourth-order valence-corrected chi connectivity index (χ4v) is 2.10. The Kier molecular flexibility index (Phi) is 4.77. The van der Waals surface area contributed by atoms with Crippen LogP contribution in [0.25, 0.3) is 0 Å². The Morgan fingerprint density at radius 3 is 2.56 bits per heavy atom. The SMILES string of the molecule is COC(C(NN)C1=CCCCO1)C(C)(C)C. The molecule has 0 aromatic heterocycles. The maximum atomic E-state index is 5.65. The van der Waals surface area contributed by atoms with Gasteiger partial charge in [0.05, 0.1) is 12.7 Å². The van der Waals surface area contributed by atoms with E-state index in [1.165, 1.54) is 0 Å². The second-order valence-corrected chi connectivity index (χ2v) is 5.26. The standard InChI is InChI=1S/C12H24N2O2/c1-12(2,3)11(15-4)10(14-13)9-7-5-6-8-16-9/h7,10-11,14H,5-6,8,13H2,1-4H3. The van der Waals surface area contributed by atoms with Crippen molar-refractivity contribution in [3.8, 4) is 0 Å². The number of hydrazine groups is 1. The van der Waals surface area contributed by atoms with Crippen molar-refractivity contribution in [3.63, 3.8) is 0 Å². The summed E-state index contributed by atoms with van der Waals surface area (Å²) < 4.78 is 11.2. The zero-order valence-corrected chi connectivity index (χ0v) is 10.7. The number of hydrogen-bond acceptors (Lipinski definition) is 4. The zero-order valence-electron chi connectivity index (χ0n) is 10.7. The maximum Gasteiger partial charge on any atom is 0.113 e. The molecule has 0 aromatic rings. The summed E-state index contributed by atoms with van der Waals surface area (Å²) in [6, 6.07) is -0.0784. The number of hydrogen-bond donors (Lipinski definition) is 2. The third kappa shape index (κ3) is 3.20. The van der Waals surface area contributed by atoms with E-state index in [1.807, 2.05) is 0 Å². The molecule has 0 aromatic carbocycles. The predicted molar refractivity (Wildman–Crippen MR) is 64.6 cm³/mol. The first-order valence-electron chi connectivity index (χ1n) is 5.82. The van der Waals surface area contributed by atoms with Crippen molar-refractivity contribution in [2.75, 3.05) is 13.7 Å². The fourth-order valence-electron chi connectivity index (χ4n) is 2.10. The lowest BCUT2D eigenvalue weighted by Crippen LogP contribution is -2.52. The van der Waals surface area contributed by atoms with Crippen LogP contribution in [0.5, 0.6) is 0 Å². The van der Waals surface area contributed by atoms with Gasteiger partial charge in [0, 0.05) is 7.11 Å². The van der Waals surface area contributed by atoms with Gasteiger partial charge in [-0.15, -0.1) is 0 Å². The van der Waals surface area contributed by atoms with Crippen molar-refractivity contribution in [3.05, 3.63) is 11.8 Å². The van der Waals surface area contributed by atoms with E-state index in [-0.39, 0.29) is 17.6 Å². The zero-order chi connectivity index (χ0) is 12.2. The van der Waals surface area contributed by atoms with Gasteiger partial charge in [0.2, 0.25) is 0 Å². The Morgan fingerprint density at radius 1 is 1.50 bits per heavy atom. The second-order valence-electron chi connectivity index (χ2n) is 5.26. The molecule has 3 N–H and O–H groups in total. The number of methoxy groups -OCH3 is 1. The van der Waals surface area contributed by atoms with E-state index < -0.39 is 0 Å². The highest BCUT2D eigenvalue weighted by Crippen LogP contribution is 2.28. The van der Waals surface area contributed by atoms with E-state index in [0.29, 0.717) is 0 Å². The molecule has 0 amide bonds. The Bertz CT molecular complexity index is 246. The summed E-state index contributed by atoms with van der Waals surface area (Å²) in [7, 11) is 1.71. The fraction of sp³-hybridized carbons (Fsp3) is 0.833. The average molecular weight is 228 g/mol. The van der Waals surface area contributed by atoms with Crippen LogP contribution in [0, 0.1) is 5.41 Å². The summed E-state index contributed by atoms with van der Waals surface area (Å²) in [6.45, 7) is 7.17. The van der Waals surface area contributed by atoms with Crippen molar-refractivity contribution >= 4 is 0 Å². The molecule has 0 aliphatic carbocycles. The predicted octanol–water partition coefficient (Wildman–Crippen LogP) is 1.57. The third-order valence-corrected chi connectivity index (χ3v) is 2.86. The van der Waals surface area contributed by atoms with Gasteiger partial charge in [-0.3, -0.25) is 5.84 Å². The van der Waals surface area contributed by atoms with Crippen molar-refractivity contribution in [2.45, 2.75) is 45.8 Å². The van der Waals surface area contributed by atoms with Crippen LogP contribution in [0.1, 0.15) is 33.6 Å². The van der Waals surface area contributed by atoms with Crippen LogP contribution in [0.4, 0.5) is 0 Å². The summed E-state index contributed by atoms with van der Waals surface area (Å²) >= 11 is 0. The molecule has 0 radical (unpaired) electrons. The normalized spacial score (nSPS) is 20.9. The van der Waals surface area contributed by atoms with E-state index in [9.17, 15) is 0 Å². The van der Waals surface area contributed by atoms with Crippen LogP contribution in [0.3, 0.4) is 0 Å². The Labute approximate surface area is 98.1 Å². The minimum absolute atomic E-state index is 0.00737.